The molecule has 146 valence electrons. The molecular formula is C20H32N2O4. The molecule has 0 bridgehead atoms. The monoisotopic (exact) mass is 364 g/mol. The Balaban J connectivity index is 1.28. The predicted octanol–water partition coefficient (Wildman–Crippen LogP) is 1.96. The highest BCUT2D eigenvalue weighted by Gasteiger charge is 2.44. The van der Waals surface area contributed by atoms with E-state index in [1.807, 2.05) is 6.92 Å². The second-order valence-electron chi connectivity index (χ2n) is 8.34. The van der Waals surface area contributed by atoms with Crippen molar-refractivity contribution in [1.29, 1.82) is 0 Å². The molecular weight excluding hydrogens is 332 g/mol. The van der Waals surface area contributed by atoms with E-state index in [1.54, 1.807) is 0 Å². The molecule has 6 nitrogen and oxygen atoms in total. The molecule has 0 N–H and O–H groups in total. The number of carbonyl (C=O) groups excluding carboxylic acids is 2. The molecule has 2 aliphatic heterocycles. The molecule has 0 radical (unpaired) electrons. The average Bonchev–Trinajstić information content (AvgIpc) is 2.61. The standard InChI is InChI=1S/C20H32N2O4/c1-2-25-20(24)14-11-16(12-14)21-9-7-15(8-10-21)22-17-5-3-4-6-18(17)26-13-19(22)23/h14-18H,2-13H2,1H3/t14?,16?,17?,18-/m0/s1. The van der Waals surface area contributed by atoms with E-state index < -0.39 is 0 Å². The number of hydrogen-bond donors (Lipinski definition) is 0. The summed E-state index contributed by atoms with van der Waals surface area (Å²) in [5.41, 5.74) is 0. The zero-order valence-electron chi connectivity index (χ0n) is 15.9. The van der Waals surface area contributed by atoms with E-state index in [0.717, 1.165) is 51.6 Å². The highest BCUT2D eigenvalue weighted by Crippen LogP contribution is 2.36. The third kappa shape index (κ3) is 3.50. The van der Waals surface area contributed by atoms with Gasteiger partial charge < -0.3 is 19.3 Å². The molecule has 6 heteroatoms. The molecule has 0 aromatic rings. The molecule has 2 saturated heterocycles. The molecule has 4 fully saturated rings. The molecule has 2 heterocycles. The minimum absolute atomic E-state index is 0.0270. The van der Waals surface area contributed by atoms with Gasteiger partial charge in [-0.2, -0.15) is 0 Å². The van der Waals surface area contributed by atoms with Crippen LogP contribution in [0.2, 0.25) is 0 Å². The summed E-state index contributed by atoms with van der Waals surface area (Å²) in [6, 6.07) is 1.20. The predicted molar refractivity (Wildman–Crippen MR) is 96.6 cm³/mol. The van der Waals surface area contributed by atoms with Crippen molar-refractivity contribution < 1.29 is 19.1 Å². The van der Waals surface area contributed by atoms with E-state index in [9.17, 15) is 9.59 Å². The fourth-order valence-electron chi connectivity index (χ4n) is 5.37. The van der Waals surface area contributed by atoms with Gasteiger partial charge in [-0.25, -0.2) is 0 Å². The largest absolute Gasteiger partial charge is 0.466 e. The van der Waals surface area contributed by atoms with E-state index in [0.29, 0.717) is 24.7 Å². The second kappa shape index (κ2) is 7.85. The second-order valence-corrected chi connectivity index (χ2v) is 8.34. The van der Waals surface area contributed by atoms with Crippen LogP contribution in [0, 0.1) is 5.92 Å². The van der Waals surface area contributed by atoms with Gasteiger partial charge in [-0.1, -0.05) is 12.8 Å². The maximum absolute atomic E-state index is 12.5. The van der Waals surface area contributed by atoms with Crippen molar-refractivity contribution in [3.63, 3.8) is 0 Å². The maximum atomic E-state index is 12.5. The third-order valence-electron chi connectivity index (χ3n) is 6.88. The van der Waals surface area contributed by atoms with E-state index in [-0.39, 0.29) is 30.5 Å². The lowest BCUT2D eigenvalue weighted by Crippen LogP contribution is -2.61. The number of esters is 1. The van der Waals surface area contributed by atoms with Gasteiger partial charge in [-0.3, -0.25) is 9.59 Å². The number of fused-ring (bicyclic) bond motifs is 1. The summed E-state index contributed by atoms with van der Waals surface area (Å²) >= 11 is 0. The molecule has 2 aliphatic carbocycles. The maximum Gasteiger partial charge on any atom is 0.309 e. The van der Waals surface area contributed by atoms with E-state index in [2.05, 4.69) is 9.80 Å². The van der Waals surface area contributed by atoms with Crippen LogP contribution in [0.1, 0.15) is 58.3 Å². The lowest BCUT2D eigenvalue weighted by molar-refractivity contribution is -0.168. The van der Waals surface area contributed by atoms with Crippen molar-refractivity contribution in [2.24, 2.45) is 5.92 Å². The summed E-state index contributed by atoms with van der Waals surface area (Å²) in [6.45, 7) is 4.68. The lowest BCUT2D eigenvalue weighted by atomic mass is 9.78. The van der Waals surface area contributed by atoms with Gasteiger partial charge in [0.1, 0.15) is 6.61 Å². The highest BCUT2D eigenvalue weighted by atomic mass is 16.5. The van der Waals surface area contributed by atoms with Crippen LogP contribution in [0.3, 0.4) is 0 Å². The summed E-state index contributed by atoms with van der Waals surface area (Å²) in [6.07, 6.45) is 8.87. The van der Waals surface area contributed by atoms with Gasteiger partial charge in [-0.05, 0) is 45.4 Å². The number of morpholine rings is 1. The summed E-state index contributed by atoms with van der Waals surface area (Å²) in [5, 5.41) is 0. The number of hydrogen-bond acceptors (Lipinski definition) is 5. The molecule has 1 unspecified atom stereocenters. The van der Waals surface area contributed by atoms with Crippen molar-refractivity contribution in [2.75, 3.05) is 26.3 Å². The quantitative estimate of drug-likeness (QED) is 0.714. The molecule has 0 spiro atoms. The van der Waals surface area contributed by atoms with Crippen molar-refractivity contribution in [3.05, 3.63) is 0 Å². The summed E-state index contributed by atoms with van der Waals surface area (Å²) in [5.74, 6) is 0.264. The number of likely N-dealkylation sites (tertiary alicyclic amines) is 1. The van der Waals surface area contributed by atoms with Gasteiger partial charge in [0.2, 0.25) is 5.91 Å². The van der Waals surface area contributed by atoms with Crippen LogP contribution in [0.15, 0.2) is 0 Å². The zero-order chi connectivity index (χ0) is 18.1. The van der Waals surface area contributed by atoms with Gasteiger partial charge in [0.25, 0.3) is 0 Å². The first-order chi connectivity index (χ1) is 12.7. The Morgan fingerprint density at radius 3 is 2.58 bits per heavy atom. The van der Waals surface area contributed by atoms with Gasteiger partial charge in [0, 0.05) is 25.2 Å². The minimum Gasteiger partial charge on any atom is -0.466 e. The number of carbonyl (C=O) groups is 2. The van der Waals surface area contributed by atoms with Crippen LogP contribution in [-0.2, 0) is 19.1 Å². The van der Waals surface area contributed by atoms with Gasteiger partial charge >= 0.3 is 5.97 Å². The van der Waals surface area contributed by atoms with E-state index in [4.69, 9.17) is 9.47 Å². The van der Waals surface area contributed by atoms with Crippen LogP contribution in [0.25, 0.3) is 0 Å². The lowest BCUT2D eigenvalue weighted by Gasteiger charge is -2.51. The zero-order valence-corrected chi connectivity index (χ0v) is 15.9. The SMILES string of the molecule is CCOC(=O)C1CC(N2CCC(N3C(=O)CO[C@H]4CCCCC43)CC2)C1. The van der Waals surface area contributed by atoms with Crippen LogP contribution in [0.4, 0.5) is 0 Å². The van der Waals surface area contributed by atoms with Crippen LogP contribution >= 0.6 is 0 Å². The Morgan fingerprint density at radius 2 is 1.85 bits per heavy atom. The van der Waals surface area contributed by atoms with Crippen molar-refractivity contribution in [2.45, 2.75) is 82.5 Å². The van der Waals surface area contributed by atoms with Crippen molar-refractivity contribution in [3.8, 4) is 0 Å². The molecule has 0 aromatic heterocycles. The third-order valence-corrected chi connectivity index (χ3v) is 6.88. The first-order valence-corrected chi connectivity index (χ1v) is 10.5. The van der Waals surface area contributed by atoms with E-state index >= 15 is 0 Å². The van der Waals surface area contributed by atoms with Gasteiger partial charge in [0.05, 0.1) is 24.7 Å². The minimum atomic E-state index is -0.0270. The normalized spacial score (nSPS) is 36.3. The van der Waals surface area contributed by atoms with E-state index in [1.165, 1.54) is 12.8 Å². The van der Waals surface area contributed by atoms with Crippen LogP contribution in [0.5, 0.6) is 0 Å². The van der Waals surface area contributed by atoms with Crippen molar-refractivity contribution >= 4 is 11.9 Å². The molecule has 4 rings (SSSR count). The Bertz CT molecular complexity index is 526. The highest BCUT2D eigenvalue weighted by molar-refractivity contribution is 5.79. The Kier molecular flexibility index (Phi) is 5.50. The first-order valence-electron chi connectivity index (χ1n) is 10.5. The van der Waals surface area contributed by atoms with Crippen LogP contribution < -0.4 is 0 Å². The Labute approximate surface area is 156 Å². The number of ether oxygens (including phenoxy) is 2. The topological polar surface area (TPSA) is 59.1 Å². The number of amides is 1. The molecule has 2 saturated carbocycles. The fourth-order valence-corrected chi connectivity index (χ4v) is 5.37. The number of piperidine rings is 1. The Hall–Kier alpha value is -1.14. The summed E-state index contributed by atoms with van der Waals surface area (Å²) in [7, 11) is 0. The smallest absolute Gasteiger partial charge is 0.309 e. The first kappa shape index (κ1) is 18.2. The molecule has 4 aliphatic rings. The Morgan fingerprint density at radius 1 is 1.12 bits per heavy atom. The van der Waals surface area contributed by atoms with Gasteiger partial charge in [0.15, 0.2) is 0 Å². The number of nitrogens with zero attached hydrogens (tertiary/aromatic N) is 2. The number of rotatable bonds is 4. The summed E-state index contributed by atoms with van der Waals surface area (Å²) in [4.78, 5) is 29.1. The molecule has 26 heavy (non-hydrogen) atoms. The van der Waals surface area contributed by atoms with Crippen LogP contribution in [-0.4, -0.2) is 72.2 Å². The van der Waals surface area contributed by atoms with Crippen molar-refractivity contribution in [1.82, 2.24) is 9.80 Å². The molecule has 1 amide bonds. The fraction of sp³-hybridized carbons (Fsp3) is 0.900. The molecule has 0 aromatic carbocycles. The molecule has 2 atom stereocenters. The average molecular weight is 364 g/mol. The summed E-state index contributed by atoms with van der Waals surface area (Å²) < 4.78 is 10.9. The van der Waals surface area contributed by atoms with Gasteiger partial charge in [-0.15, -0.1) is 0 Å².